The monoisotopic (exact) mass is 283 g/mol. The lowest BCUT2D eigenvalue weighted by atomic mass is 9.76. The van der Waals surface area contributed by atoms with Crippen molar-refractivity contribution in [1.29, 1.82) is 0 Å². The molecule has 1 aromatic rings. The summed E-state index contributed by atoms with van der Waals surface area (Å²) < 4.78 is 26.5. The molecule has 0 aromatic heterocycles. The standard InChI is InChI=1S/C15H19F2NO2/c1-2-13(10-6-11(19)7-10)18-14(20)8-9-4-3-5-12(16)15(9)17/h3-5,10-11,13,19H,2,6-8H2,1H3,(H,18,20)/t10?,11?,13-/m0/s1. The Morgan fingerprint density at radius 2 is 2.15 bits per heavy atom. The number of rotatable bonds is 5. The van der Waals surface area contributed by atoms with Crippen molar-refractivity contribution in [3.8, 4) is 0 Å². The molecule has 1 aliphatic rings. The van der Waals surface area contributed by atoms with Crippen LogP contribution in [-0.4, -0.2) is 23.2 Å². The van der Waals surface area contributed by atoms with E-state index in [1.807, 2.05) is 6.92 Å². The molecule has 0 spiro atoms. The molecular formula is C15H19F2NO2. The lowest BCUT2D eigenvalue weighted by Gasteiger charge is -2.37. The fourth-order valence-electron chi connectivity index (χ4n) is 2.63. The van der Waals surface area contributed by atoms with Crippen LogP contribution < -0.4 is 5.32 Å². The van der Waals surface area contributed by atoms with E-state index >= 15 is 0 Å². The quantitative estimate of drug-likeness (QED) is 0.870. The summed E-state index contributed by atoms with van der Waals surface area (Å²) in [5.41, 5.74) is 0.0611. The zero-order valence-electron chi connectivity index (χ0n) is 11.4. The fourth-order valence-corrected chi connectivity index (χ4v) is 2.63. The Morgan fingerprint density at radius 1 is 1.45 bits per heavy atom. The number of hydrogen-bond acceptors (Lipinski definition) is 2. The average molecular weight is 283 g/mol. The normalized spacial score (nSPS) is 23.0. The summed E-state index contributed by atoms with van der Waals surface area (Å²) in [7, 11) is 0. The Morgan fingerprint density at radius 3 is 2.75 bits per heavy atom. The third-order valence-electron chi connectivity index (χ3n) is 3.89. The number of carbonyl (C=O) groups is 1. The van der Waals surface area contributed by atoms with Crippen LogP contribution in [0.4, 0.5) is 8.78 Å². The highest BCUT2D eigenvalue weighted by Crippen LogP contribution is 2.31. The summed E-state index contributed by atoms with van der Waals surface area (Å²) in [5, 5.41) is 12.1. The molecule has 1 amide bonds. The average Bonchev–Trinajstić information content (AvgIpc) is 2.38. The van der Waals surface area contributed by atoms with Gasteiger partial charge in [0, 0.05) is 11.6 Å². The number of carbonyl (C=O) groups excluding carboxylic acids is 1. The van der Waals surface area contributed by atoms with Gasteiger partial charge in [0.25, 0.3) is 0 Å². The maximum atomic E-state index is 13.5. The van der Waals surface area contributed by atoms with E-state index in [4.69, 9.17) is 0 Å². The zero-order valence-corrected chi connectivity index (χ0v) is 11.4. The van der Waals surface area contributed by atoms with Crippen LogP contribution in [0.1, 0.15) is 31.7 Å². The molecule has 0 unspecified atom stereocenters. The van der Waals surface area contributed by atoms with Crippen molar-refractivity contribution in [2.45, 2.75) is 44.8 Å². The van der Waals surface area contributed by atoms with Gasteiger partial charge in [0.05, 0.1) is 12.5 Å². The molecule has 5 heteroatoms. The van der Waals surface area contributed by atoms with Gasteiger partial charge in [-0.2, -0.15) is 0 Å². The third kappa shape index (κ3) is 3.33. The molecule has 0 heterocycles. The second kappa shape index (κ2) is 6.31. The first-order valence-electron chi connectivity index (χ1n) is 6.91. The van der Waals surface area contributed by atoms with Gasteiger partial charge < -0.3 is 10.4 Å². The molecule has 2 N–H and O–H groups in total. The molecule has 0 saturated heterocycles. The number of aliphatic hydroxyl groups excluding tert-OH is 1. The first-order chi connectivity index (χ1) is 9.51. The van der Waals surface area contributed by atoms with Crippen molar-refractivity contribution in [1.82, 2.24) is 5.32 Å². The Labute approximate surface area is 117 Å². The van der Waals surface area contributed by atoms with Crippen LogP contribution in [-0.2, 0) is 11.2 Å². The number of aliphatic hydroxyl groups is 1. The van der Waals surface area contributed by atoms with E-state index in [9.17, 15) is 18.7 Å². The first-order valence-corrected chi connectivity index (χ1v) is 6.91. The molecule has 0 aliphatic heterocycles. The lowest BCUT2D eigenvalue weighted by Crippen LogP contribution is -2.47. The van der Waals surface area contributed by atoms with Crippen molar-refractivity contribution in [2.24, 2.45) is 5.92 Å². The Hall–Kier alpha value is -1.49. The van der Waals surface area contributed by atoms with Crippen LogP contribution in [0.3, 0.4) is 0 Å². The van der Waals surface area contributed by atoms with Crippen LogP contribution in [0.5, 0.6) is 0 Å². The van der Waals surface area contributed by atoms with Crippen molar-refractivity contribution in [2.75, 3.05) is 0 Å². The highest BCUT2D eigenvalue weighted by molar-refractivity contribution is 5.79. The molecule has 1 atom stereocenters. The second-order valence-electron chi connectivity index (χ2n) is 5.36. The third-order valence-corrected chi connectivity index (χ3v) is 3.89. The number of nitrogens with one attached hydrogen (secondary N) is 1. The van der Waals surface area contributed by atoms with E-state index in [1.165, 1.54) is 12.1 Å². The summed E-state index contributed by atoms with van der Waals surface area (Å²) in [6.07, 6.45) is 1.69. The number of halogens is 2. The van der Waals surface area contributed by atoms with Gasteiger partial charge in [0.2, 0.25) is 5.91 Å². The molecule has 1 fully saturated rings. The topological polar surface area (TPSA) is 49.3 Å². The van der Waals surface area contributed by atoms with Crippen molar-refractivity contribution < 1.29 is 18.7 Å². The molecule has 1 saturated carbocycles. The highest BCUT2D eigenvalue weighted by atomic mass is 19.2. The summed E-state index contributed by atoms with van der Waals surface area (Å²) in [6, 6.07) is 3.82. The molecule has 1 aliphatic carbocycles. The summed E-state index contributed by atoms with van der Waals surface area (Å²) >= 11 is 0. The molecule has 3 nitrogen and oxygen atoms in total. The van der Waals surface area contributed by atoms with E-state index in [0.717, 1.165) is 12.5 Å². The minimum absolute atomic E-state index is 0.0116. The van der Waals surface area contributed by atoms with Gasteiger partial charge in [-0.25, -0.2) is 8.78 Å². The van der Waals surface area contributed by atoms with Gasteiger partial charge in [0.15, 0.2) is 11.6 Å². The minimum Gasteiger partial charge on any atom is -0.393 e. The lowest BCUT2D eigenvalue weighted by molar-refractivity contribution is -0.122. The van der Waals surface area contributed by atoms with Gasteiger partial charge in [-0.1, -0.05) is 19.1 Å². The van der Waals surface area contributed by atoms with Crippen LogP contribution >= 0.6 is 0 Å². The summed E-state index contributed by atoms with van der Waals surface area (Å²) in [6.45, 7) is 1.96. The molecule has 110 valence electrons. The van der Waals surface area contributed by atoms with Crippen LogP contribution in [0.2, 0.25) is 0 Å². The van der Waals surface area contributed by atoms with Gasteiger partial charge >= 0.3 is 0 Å². The zero-order chi connectivity index (χ0) is 14.7. The Bertz CT molecular complexity index is 487. The van der Waals surface area contributed by atoms with Crippen molar-refractivity contribution in [3.63, 3.8) is 0 Å². The number of hydrogen-bond donors (Lipinski definition) is 2. The van der Waals surface area contributed by atoms with E-state index in [1.54, 1.807) is 0 Å². The predicted molar refractivity (Wildman–Crippen MR) is 71.0 cm³/mol. The molecule has 20 heavy (non-hydrogen) atoms. The number of amides is 1. The smallest absolute Gasteiger partial charge is 0.224 e. The second-order valence-corrected chi connectivity index (χ2v) is 5.36. The van der Waals surface area contributed by atoms with Crippen LogP contribution in [0.15, 0.2) is 18.2 Å². The highest BCUT2D eigenvalue weighted by Gasteiger charge is 2.33. The van der Waals surface area contributed by atoms with Gasteiger partial charge in [-0.3, -0.25) is 4.79 Å². The van der Waals surface area contributed by atoms with Crippen LogP contribution in [0.25, 0.3) is 0 Å². The van der Waals surface area contributed by atoms with Gasteiger partial charge in [-0.15, -0.1) is 0 Å². The van der Waals surface area contributed by atoms with Crippen molar-refractivity contribution >= 4 is 5.91 Å². The molecule has 1 aromatic carbocycles. The van der Waals surface area contributed by atoms with E-state index < -0.39 is 11.6 Å². The minimum atomic E-state index is -0.963. The summed E-state index contributed by atoms with van der Waals surface area (Å²) in [4.78, 5) is 11.9. The predicted octanol–water partition coefficient (Wildman–Crippen LogP) is 2.17. The SMILES string of the molecule is CC[C@H](NC(=O)Cc1cccc(F)c1F)C1CC(O)C1. The maximum absolute atomic E-state index is 13.5. The molecule has 0 bridgehead atoms. The maximum Gasteiger partial charge on any atom is 0.224 e. The van der Waals surface area contributed by atoms with E-state index in [0.29, 0.717) is 12.8 Å². The number of benzene rings is 1. The largest absolute Gasteiger partial charge is 0.393 e. The van der Waals surface area contributed by atoms with Crippen LogP contribution in [0, 0.1) is 17.6 Å². The van der Waals surface area contributed by atoms with E-state index in [-0.39, 0.29) is 36.0 Å². The Kier molecular flexibility index (Phi) is 4.70. The van der Waals surface area contributed by atoms with Crippen molar-refractivity contribution in [3.05, 3.63) is 35.4 Å². The van der Waals surface area contributed by atoms with Gasteiger partial charge in [-0.05, 0) is 31.2 Å². The fraction of sp³-hybridized carbons (Fsp3) is 0.533. The molecular weight excluding hydrogens is 264 g/mol. The van der Waals surface area contributed by atoms with E-state index in [2.05, 4.69) is 5.32 Å². The first kappa shape index (κ1) is 14.9. The van der Waals surface area contributed by atoms with Gasteiger partial charge in [0.1, 0.15) is 0 Å². The molecule has 2 rings (SSSR count). The Balaban J connectivity index is 1.93. The molecule has 0 radical (unpaired) electrons. The summed E-state index contributed by atoms with van der Waals surface area (Å²) in [5.74, 6) is -1.95.